The highest BCUT2D eigenvalue weighted by atomic mass is 79.9. The summed E-state index contributed by atoms with van der Waals surface area (Å²) in [5, 5.41) is 0. The number of fused-ring (bicyclic) bond motifs is 1. The van der Waals surface area contributed by atoms with E-state index >= 15 is 0 Å². The van der Waals surface area contributed by atoms with Crippen LogP contribution in [0.15, 0.2) is 16.9 Å². The first kappa shape index (κ1) is 13.8. The Morgan fingerprint density at radius 3 is 2.75 bits per heavy atom. The molecule has 20 heavy (non-hydrogen) atoms. The van der Waals surface area contributed by atoms with Gasteiger partial charge in [0, 0.05) is 23.8 Å². The number of nitrogens with two attached hydrogens (primary N) is 1. The Hall–Kier alpha value is -1.13. The van der Waals surface area contributed by atoms with Gasteiger partial charge in [0.25, 0.3) is 0 Å². The number of hydrogen-bond donors (Lipinski definition) is 1. The Kier molecular flexibility index (Phi) is 3.46. The molecule has 0 saturated carbocycles. The fourth-order valence-corrected chi connectivity index (χ4v) is 3.51. The zero-order chi connectivity index (χ0) is 14.4. The van der Waals surface area contributed by atoms with Crippen LogP contribution in [-0.2, 0) is 13.0 Å². The summed E-state index contributed by atoms with van der Waals surface area (Å²) < 4.78 is 3.12. The van der Waals surface area contributed by atoms with Crippen LogP contribution in [0.3, 0.4) is 0 Å². The minimum absolute atomic E-state index is 0.238. The van der Waals surface area contributed by atoms with Gasteiger partial charge >= 0.3 is 0 Å². The van der Waals surface area contributed by atoms with Crippen LogP contribution in [0.1, 0.15) is 28.8 Å². The van der Waals surface area contributed by atoms with Crippen LogP contribution in [-0.4, -0.2) is 15.6 Å². The molecule has 0 amide bonds. The van der Waals surface area contributed by atoms with Gasteiger partial charge in [-0.05, 0) is 66.2 Å². The van der Waals surface area contributed by atoms with Crippen LogP contribution in [0.2, 0.25) is 0 Å². The second kappa shape index (κ2) is 5.01. The molecule has 1 atom stereocenters. The first-order chi connectivity index (χ1) is 9.49. The van der Waals surface area contributed by atoms with Gasteiger partial charge in [-0.2, -0.15) is 0 Å². The number of benzene rings is 1. The Labute approximate surface area is 128 Å². The lowest BCUT2D eigenvalue weighted by atomic mass is 9.94. The fourth-order valence-electron chi connectivity index (χ4n) is 2.97. The van der Waals surface area contributed by atoms with E-state index in [-0.39, 0.29) is 6.04 Å². The summed E-state index contributed by atoms with van der Waals surface area (Å²) in [7, 11) is 0. The van der Waals surface area contributed by atoms with Crippen LogP contribution >= 0.6 is 15.9 Å². The van der Waals surface area contributed by atoms with Gasteiger partial charge in [0.05, 0.1) is 5.69 Å². The molecule has 0 aliphatic carbocycles. The van der Waals surface area contributed by atoms with E-state index in [1.54, 1.807) is 0 Å². The van der Waals surface area contributed by atoms with Crippen LogP contribution in [0.4, 0.5) is 0 Å². The number of rotatable bonds is 1. The van der Waals surface area contributed by atoms with Crippen molar-refractivity contribution in [1.29, 1.82) is 0 Å². The predicted molar refractivity (Wildman–Crippen MR) is 85.9 cm³/mol. The molecule has 2 aromatic rings. The second-order valence-electron chi connectivity index (χ2n) is 5.77. The molecule has 0 spiro atoms. The molecule has 1 aliphatic heterocycles. The van der Waals surface area contributed by atoms with Crippen molar-refractivity contribution in [3.05, 3.63) is 39.3 Å². The summed E-state index contributed by atoms with van der Waals surface area (Å²) in [6, 6.07) is 4.62. The van der Waals surface area contributed by atoms with Crippen molar-refractivity contribution in [3.63, 3.8) is 0 Å². The number of aryl methyl sites for hydroxylation is 1. The van der Waals surface area contributed by atoms with Gasteiger partial charge in [0.1, 0.15) is 0 Å². The summed E-state index contributed by atoms with van der Waals surface area (Å²) >= 11 is 3.58. The summed E-state index contributed by atoms with van der Waals surface area (Å²) in [6.07, 6.45) is 2.04. The first-order valence-electron chi connectivity index (χ1n) is 7.06. The van der Waals surface area contributed by atoms with Crippen molar-refractivity contribution in [2.45, 2.75) is 46.2 Å². The third kappa shape index (κ3) is 2.11. The SMILES string of the molecule is Cc1ccc(-c2nc(Br)n3c2CCC(N)C3)c(C)c1C. The van der Waals surface area contributed by atoms with E-state index in [0.717, 1.165) is 29.8 Å². The van der Waals surface area contributed by atoms with E-state index in [1.165, 1.54) is 27.9 Å². The first-order valence-corrected chi connectivity index (χ1v) is 7.86. The fraction of sp³-hybridized carbons (Fsp3) is 0.438. The monoisotopic (exact) mass is 333 g/mol. The van der Waals surface area contributed by atoms with E-state index in [1.807, 2.05) is 0 Å². The minimum Gasteiger partial charge on any atom is -0.326 e. The lowest BCUT2D eigenvalue weighted by Gasteiger charge is -2.22. The normalized spacial score (nSPS) is 18.1. The number of aromatic nitrogens is 2. The van der Waals surface area contributed by atoms with Crippen molar-refractivity contribution in [3.8, 4) is 11.3 Å². The van der Waals surface area contributed by atoms with Gasteiger partial charge in [0.2, 0.25) is 0 Å². The van der Waals surface area contributed by atoms with Crippen molar-refractivity contribution in [1.82, 2.24) is 9.55 Å². The molecule has 1 aromatic carbocycles. The molecule has 1 unspecified atom stereocenters. The van der Waals surface area contributed by atoms with Gasteiger partial charge in [-0.15, -0.1) is 0 Å². The standard InChI is InChI=1S/C16H20BrN3/c1-9-4-6-13(11(3)10(9)2)15-14-7-5-12(18)8-20(14)16(17)19-15/h4,6,12H,5,7-8,18H2,1-3H3. The largest absolute Gasteiger partial charge is 0.326 e. The van der Waals surface area contributed by atoms with Gasteiger partial charge < -0.3 is 10.3 Å². The maximum Gasteiger partial charge on any atom is 0.177 e. The van der Waals surface area contributed by atoms with Crippen LogP contribution in [0.25, 0.3) is 11.3 Å². The summed E-state index contributed by atoms with van der Waals surface area (Å²) in [5.74, 6) is 0. The highest BCUT2D eigenvalue weighted by Crippen LogP contribution is 2.34. The zero-order valence-electron chi connectivity index (χ0n) is 12.2. The van der Waals surface area contributed by atoms with Crippen LogP contribution in [0.5, 0.6) is 0 Å². The lowest BCUT2D eigenvalue weighted by molar-refractivity contribution is 0.455. The lowest BCUT2D eigenvalue weighted by Crippen LogP contribution is -2.31. The molecule has 1 aromatic heterocycles. The van der Waals surface area contributed by atoms with Gasteiger partial charge in [0.15, 0.2) is 4.73 Å². The van der Waals surface area contributed by atoms with E-state index in [0.29, 0.717) is 0 Å². The van der Waals surface area contributed by atoms with Crippen molar-refractivity contribution in [2.75, 3.05) is 0 Å². The molecule has 1 aliphatic rings. The molecule has 0 bridgehead atoms. The van der Waals surface area contributed by atoms with E-state index in [9.17, 15) is 0 Å². The van der Waals surface area contributed by atoms with Crippen molar-refractivity contribution < 1.29 is 0 Å². The number of nitrogens with zero attached hydrogens (tertiary/aromatic N) is 2. The van der Waals surface area contributed by atoms with E-state index < -0.39 is 0 Å². The molecule has 3 nitrogen and oxygen atoms in total. The summed E-state index contributed by atoms with van der Waals surface area (Å²) in [5.41, 5.74) is 13.8. The van der Waals surface area contributed by atoms with E-state index in [4.69, 9.17) is 10.7 Å². The maximum atomic E-state index is 6.07. The average Bonchev–Trinajstić information content (AvgIpc) is 2.73. The number of hydrogen-bond acceptors (Lipinski definition) is 2. The van der Waals surface area contributed by atoms with Crippen LogP contribution in [0, 0.1) is 20.8 Å². The summed E-state index contributed by atoms with van der Waals surface area (Å²) in [6.45, 7) is 7.38. The Morgan fingerprint density at radius 1 is 1.25 bits per heavy atom. The Bertz CT molecular complexity index is 673. The molecule has 2 N–H and O–H groups in total. The molecule has 3 rings (SSSR count). The van der Waals surface area contributed by atoms with Crippen LogP contribution < -0.4 is 5.73 Å². The predicted octanol–water partition coefficient (Wildman–Crippen LogP) is 3.51. The number of halogens is 1. The van der Waals surface area contributed by atoms with Gasteiger partial charge in [-0.25, -0.2) is 4.98 Å². The van der Waals surface area contributed by atoms with Crippen molar-refractivity contribution in [2.24, 2.45) is 5.73 Å². The quantitative estimate of drug-likeness (QED) is 0.867. The van der Waals surface area contributed by atoms with Gasteiger partial charge in [-0.3, -0.25) is 0 Å². The topological polar surface area (TPSA) is 43.8 Å². The zero-order valence-corrected chi connectivity index (χ0v) is 13.8. The van der Waals surface area contributed by atoms with E-state index in [2.05, 4.69) is 53.4 Å². The molecule has 4 heteroatoms. The molecule has 106 valence electrons. The Balaban J connectivity index is 2.17. The molecule has 0 fully saturated rings. The smallest absolute Gasteiger partial charge is 0.177 e. The molecule has 2 heterocycles. The Morgan fingerprint density at radius 2 is 2.00 bits per heavy atom. The third-order valence-electron chi connectivity index (χ3n) is 4.51. The highest BCUT2D eigenvalue weighted by molar-refractivity contribution is 9.10. The van der Waals surface area contributed by atoms with Gasteiger partial charge in [-0.1, -0.05) is 12.1 Å². The number of imidazole rings is 1. The average molecular weight is 334 g/mol. The minimum atomic E-state index is 0.238. The third-order valence-corrected chi connectivity index (χ3v) is 5.11. The van der Waals surface area contributed by atoms with Crippen molar-refractivity contribution >= 4 is 15.9 Å². The highest BCUT2D eigenvalue weighted by Gasteiger charge is 2.24. The molecular formula is C16H20BrN3. The second-order valence-corrected chi connectivity index (χ2v) is 6.47. The maximum absolute atomic E-state index is 6.07. The molecule has 0 radical (unpaired) electrons. The molecular weight excluding hydrogens is 314 g/mol. The summed E-state index contributed by atoms with van der Waals surface area (Å²) in [4.78, 5) is 4.75. The molecule has 0 saturated heterocycles.